The fourth-order valence-electron chi connectivity index (χ4n) is 1.80. The molecule has 2 aromatic rings. The van der Waals surface area contributed by atoms with E-state index in [4.69, 9.17) is 9.47 Å². The minimum absolute atomic E-state index is 0.0861. The van der Waals surface area contributed by atoms with E-state index >= 15 is 0 Å². The highest BCUT2D eigenvalue weighted by Gasteiger charge is 2.11. The van der Waals surface area contributed by atoms with Crippen molar-refractivity contribution in [3.05, 3.63) is 53.8 Å². The van der Waals surface area contributed by atoms with Gasteiger partial charge in [0.2, 0.25) is 0 Å². The number of carbonyl (C=O) groups is 1. The summed E-state index contributed by atoms with van der Waals surface area (Å²) in [5, 5.41) is 0. The number of hydrogen-bond donors (Lipinski definition) is 0. The smallest absolute Gasteiger partial charge is 0.188 e. The van der Waals surface area contributed by atoms with Crippen LogP contribution in [0.25, 0.3) is 11.1 Å². The Morgan fingerprint density at radius 2 is 1.95 bits per heavy atom. The van der Waals surface area contributed by atoms with Crippen LogP contribution in [0.1, 0.15) is 10.4 Å². The molecule has 0 radical (unpaired) electrons. The quantitative estimate of drug-likeness (QED) is 0.611. The second-order valence-corrected chi connectivity index (χ2v) is 3.90. The fourth-order valence-corrected chi connectivity index (χ4v) is 1.80. The van der Waals surface area contributed by atoms with Gasteiger partial charge in [0.15, 0.2) is 13.1 Å². The third kappa shape index (κ3) is 2.98. The monoisotopic (exact) mass is 260 g/mol. The van der Waals surface area contributed by atoms with Gasteiger partial charge in [-0.3, -0.25) is 4.79 Å². The van der Waals surface area contributed by atoms with Crippen LogP contribution in [0.4, 0.5) is 4.39 Å². The van der Waals surface area contributed by atoms with E-state index in [0.29, 0.717) is 28.7 Å². The minimum Gasteiger partial charge on any atom is -0.467 e. The van der Waals surface area contributed by atoms with Gasteiger partial charge >= 0.3 is 0 Å². The van der Waals surface area contributed by atoms with Crippen LogP contribution in [-0.2, 0) is 4.74 Å². The highest BCUT2D eigenvalue weighted by Crippen LogP contribution is 2.32. The molecular weight excluding hydrogens is 247 g/mol. The molecule has 0 unspecified atom stereocenters. The lowest BCUT2D eigenvalue weighted by molar-refractivity contribution is 0.0515. The molecule has 0 aliphatic rings. The van der Waals surface area contributed by atoms with Crippen LogP contribution in [0, 0.1) is 5.82 Å². The summed E-state index contributed by atoms with van der Waals surface area (Å²) < 4.78 is 23.6. The maximum atomic E-state index is 13.4. The first-order valence-electron chi connectivity index (χ1n) is 5.72. The summed E-state index contributed by atoms with van der Waals surface area (Å²) >= 11 is 0. The second kappa shape index (κ2) is 6.11. The predicted molar refractivity (Wildman–Crippen MR) is 69.7 cm³/mol. The van der Waals surface area contributed by atoms with E-state index in [1.165, 1.54) is 25.3 Å². The van der Waals surface area contributed by atoms with Crippen molar-refractivity contribution in [2.75, 3.05) is 13.9 Å². The fraction of sp³-hybridized carbons (Fsp3) is 0.133. The van der Waals surface area contributed by atoms with Crippen molar-refractivity contribution in [3.8, 4) is 16.9 Å². The SMILES string of the molecule is COCOc1ccccc1-c1cc(F)ccc1C=O. The van der Waals surface area contributed by atoms with Gasteiger partial charge in [0.1, 0.15) is 11.6 Å². The summed E-state index contributed by atoms with van der Waals surface area (Å²) in [6, 6.07) is 11.1. The molecular formula is C15H13FO3. The molecule has 98 valence electrons. The number of rotatable bonds is 5. The number of benzene rings is 2. The molecule has 0 aliphatic heterocycles. The molecule has 0 aromatic heterocycles. The van der Waals surface area contributed by atoms with Crippen LogP contribution in [0.2, 0.25) is 0 Å². The molecule has 0 saturated carbocycles. The summed E-state index contributed by atoms with van der Waals surface area (Å²) in [6.45, 7) is 0.0861. The number of para-hydroxylation sites is 1. The Bertz CT molecular complexity index is 581. The van der Waals surface area contributed by atoms with E-state index < -0.39 is 5.82 Å². The molecule has 0 amide bonds. The Labute approximate surface area is 110 Å². The molecule has 3 nitrogen and oxygen atoms in total. The van der Waals surface area contributed by atoms with Crippen molar-refractivity contribution in [3.63, 3.8) is 0 Å². The van der Waals surface area contributed by atoms with Crippen molar-refractivity contribution in [2.24, 2.45) is 0 Å². The van der Waals surface area contributed by atoms with Gasteiger partial charge in [-0.15, -0.1) is 0 Å². The topological polar surface area (TPSA) is 35.5 Å². The second-order valence-electron chi connectivity index (χ2n) is 3.90. The lowest BCUT2D eigenvalue weighted by atomic mass is 9.99. The number of ether oxygens (including phenoxy) is 2. The number of halogens is 1. The Balaban J connectivity index is 2.51. The summed E-state index contributed by atoms with van der Waals surface area (Å²) in [7, 11) is 1.52. The third-order valence-corrected chi connectivity index (χ3v) is 2.65. The van der Waals surface area contributed by atoms with E-state index in [9.17, 15) is 9.18 Å². The average Bonchev–Trinajstić information content (AvgIpc) is 2.45. The van der Waals surface area contributed by atoms with Crippen molar-refractivity contribution in [2.45, 2.75) is 0 Å². The van der Waals surface area contributed by atoms with Crippen LogP contribution < -0.4 is 4.74 Å². The first kappa shape index (κ1) is 13.2. The number of aldehydes is 1. The zero-order chi connectivity index (χ0) is 13.7. The largest absolute Gasteiger partial charge is 0.467 e. The molecule has 0 fully saturated rings. The van der Waals surface area contributed by atoms with Gasteiger partial charge in [-0.2, -0.15) is 0 Å². The third-order valence-electron chi connectivity index (χ3n) is 2.65. The molecule has 0 spiro atoms. The molecule has 0 aliphatic carbocycles. The minimum atomic E-state index is -0.401. The van der Waals surface area contributed by atoms with E-state index in [0.717, 1.165) is 0 Å². The molecule has 2 rings (SSSR count). The van der Waals surface area contributed by atoms with Gasteiger partial charge in [0.05, 0.1) is 0 Å². The van der Waals surface area contributed by atoms with E-state index in [-0.39, 0.29) is 6.79 Å². The van der Waals surface area contributed by atoms with Crippen LogP contribution in [0.3, 0.4) is 0 Å². The maximum absolute atomic E-state index is 13.4. The Kier molecular flexibility index (Phi) is 4.26. The first-order valence-corrected chi connectivity index (χ1v) is 5.72. The maximum Gasteiger partial charge on any atom is 0.188 e. The highest BCUT2D eigenvalue weighted by molar-refractivity contribution is 5.89. The Hall–Kier alpha value is -2.20. The van der Waals surface area contributed by atoms with Gasteiger partial charge in [-0.05, 0) is 29.8 Å². The van der Waals surface area contributed by atoms with Gasteiger partial charge < -0.3 is 9.47 Å². The molecule has 4 heteroatoms. The van der Waals surface area contributed by atoms with Crippen molar-refractivity contribution >= 4 is 6.29 Å². The predicted octanol–water partition coefficient (Wildman–Crippen LogP) is 3.29. The number of methoxy groups -OCH3 is 1. The summed E-state index contributed by atoms with van der Waals surface area (Å²) in [4.78, 5) is 11.0. The van der Waals surface area contributed by atoms with E-state index in [1.54, 1.807) is 24.3 Å². The van der Waals surface area contributed by atoms with Crippen LogP contribution in [0.15, 0.2) is 42.5 Å². The van der Waals surface area contributed by atoms with Gasteiger partial charge in [0.25, 0.3) is 0 Å². The molecule has 19 heavy (non-hydrogen) atoms. The Morgan fingerprint density at radius 1 is 1.16 bits per heavy atom. The zero-order valence-electron chi connectivity index (χ0n) is 10.4. The lowest BCUT2D eigenvalue weighted by Gasteiger charge is -2.12. The van der Waals surface area contributed by atoms with Gasteiger partial charge in [0, 0.05) is 18.2 Å². The zero-order valence-corrected chi connectivity index (χ0v) is 10.4. The van der Waals surface area contributed by atoms with Crippen LogP contribution in [-0.4, -0.2) is 20.2 Å². The summed E-state index contributed by atoms with van der Waals surface area (Å²) in [5.74, 6) is 0.139. The summed E-state index contributed by atoms with van der Waals surface area (Å²) in [6.07, 6.45) is 0.696. The lowest BCUT2D eigenvalue weighted by Crippen LogP contribution is -2.01. The highest BCUT2D eigenvalue weighted by atomic mass is 19.1. The molecule has 0 N–H and O–H groups in total. The van der Waals surface area contributed by atoms with E-state index in [2.05, 4.69) is 0 Å². The van der Waals surface area contributed by atoms with Gasteiger partial charge in [-0.25, -0.2) is 4.39 Å². The standard InChI is InChI=1S/C15H13FO3/c1-18-10-19-15-5-3-2-4-13(15)14-8-12(16)7-6-11(14)9-17/h2-9H,10H2,1H3. The summed E-state index contributed by atoms with van der Waals surface area (Å²) in [5.41, 5.74) is 1.57. The molecule has 0 bridgehead atoms. The van der Waals surface area contributed by atoms with Crippen molar-refractivity contribution in [1.29, 1.82) is 0 Å². The average molecular weight is 260 g/mol. The molecule has 0 atom stereocenters. The number of carbonyl (C=O) groups excluding carboxylic acids is 1. The first-order chi connectivity index (χ1) is 9.26. The molecule has 2 aromatic carbocycles. The van der Waals surface area contributed by atoms with Crippen LogP contribution >= 0.6 is 0 Å². The van der Waals surface area contributed by atoms with Crippen LogP contribution in [0.5, 0.6) is 5.75 Å². The Morgan fingerprint density at radius 3 is 2.68 bits per heavy atom. The molecule has 0 saturated heterocycles. The normalized spacial score (nSPS) is 10.2. The van der Waals surface area contributed by atoms with Crippen molar-refractivity contribution in [1.82, 2.24) is 0 Å². The number of hydrogen-bond acceptors (Lipinski definition) is 3. The van der Waals surface area contributed by atoms with Gasteiger partial charge in [-0.1, -0.05) is 18.2 Å². The van der Waals surface area contributed by atoms with Crippen molar-refractivity contribution < 1.29 is 18.7 Å². The molecule has 0 heterocycles. The van der Waals surface area contributed by atoms with E-state index in [1.807, 2.05) is 0 Å².